The predicted molar refractivity (Wildman–Crippen MR) is 117 cm³/mol. The number of carbonyl (C=O) groups excluding carboxylic acids is 1. The number of hydrogen-bond donors (Lipinski definition) is 0. The fraction of sp³-hybridized carbons (Fsp3) is 0.240. The largest absolute Gasteiger partial charge is 0.494 e. The highest BCUT2D eigenvalue weighted by Crippen LogP contribution is 2.29. The lowest BCUT2D eigenvalue weighted by atomic mass is 9.94. The summed E-state index contributed by atoms with van der Waals surface area (Å²) in [5.74, 6) is 0.500. The van der Waals surface area contributed by atoms with E-state index in [1.807, 2.05) is 55.4 Å². The molecule has 0 atom stereocenters. The highest BCUT2D eigenvalue weighted by atomic mass is 19.1. The third kappa shape index (κ3) is 5.45. The molecular formula is C25H26FNO3. The predicted octanol–water partition coefficient (Wildman–Crippen LogP) is 4.87. The number of methoxy groups -OCH3 is 1. The van der Waals surface area contributed by atoms with E-state index in [0.717, 1.165) is 23.4 Å². The Morgan fingerprint density at radius 1 is 1.00 bits per heavy atom. The van der Waals surface area contributed by atoms with Gasteiger partial charge in [-0.2, -0.15) is 0 Å². The summed E-state index contributed by atoms with van der Waals surface area (Å²) in [6.07, 6.45) is 0.227. The van der Waals surface area contributed by atoms with Gasteiger partial charge in [0.15, 0.2) is 17.3 Å². The van der Waals surface area contributed by atoms with E-state index in [9.17, 15) is 9.18 Å². The van der Waals surface area contributed by atoms with E-state index in [0.29, 0.717) is 17.7 Å². The summed E-state index contributed by atoms with van der Waals surface area (Å²) in [6.45, 7) is 1.41. The Balaban J connectivity index is 1.74. The number of ketones is 1. The second-order valence-corrected chi connectivity index (χ2v) is 7.28. The summed E-state index contributed by atoms with van der Waals surface area (Å²) >= 11 is 0. The Labute approximate surface area is 176 Å². The Morgan fingerprint density at radius 2 is 1.73 bits per heavy atom. The molecule has 0 heterocycles. The van der Waals surface area contributed by atoms with E-state index in [-0.39, 0.29) is 18.0 Å². The number of Topliss-reactive ketones (excluding diaryl/α,β-unsaturated/α-hetero) is 1. The number of carbonyl (C=O) groups is 1. The Morgan fingerprint density at radius 3 is 2.40 bits per heavy atom. The van der Waals surface area contributed by atoms with Crippen LogP contribution in [-0.2, 0) is 6.42 Å². The average Bonchev–Trinajstić information content (AvgIpc) is 2.74. The third-order valence-corrected chi connectivity index (χ3v) is 4.81. The minimum Gasteiger partial charge on any atom is -0.494 e. The molecule has 156 valence electrons. The number of nitrogens with zero attached hydrogens (tertiary/aromatic N) is 1. The third-order valence-electron chi connectivity index (χ3n) is 4.81. The molecule has 5 heteroatoms. The van der Waals surface area contributed by atoms with E-state index in [4.69, 9.17) is 9.47 Å². The van der Waals surface area contributed by atoms with Crippen LogP contribution in [0.2, 0.25) is 0 Å². The molecule has 0 N–H and O–H groups in total. The highest BCUT2D eigenvalue weighted by molar-refractivity contribution is 5.98. The lowest BCUT2D eigenvalue weighted by Crippen LogP contribution is -2.19. The molecule has 3 rings (SSSR count). The monoisotopic (exact) mass is 407 g/mol. The SMILES string of the molecule is COc1ccc(-c2ccccc2CC(=O)c2ccc(OCCN(C)C)cc2)cc1F. The van der Waals surface area contributed by atoms with Crippen LogP contribution in [0.5, 0.6) is 11.5 Å². The van der Waals surface area contributed by atoms with Crippen molar-refractivity contribution < 1.29 is 18.7 Å². The molecule has 3 aromatic rings. The first-order valence-electron chi connectivity index (χ1n) is 9.80. The van der Waals surface area contributed by atoms with Crippen molar-refractivity contribution in [1.82, 2.24) is 4.90 Å². The summed E-state index contributed by atoms with van der Waals surface area (Å²) in [6, 6.07) is 19.6. The van der Waals surface area contributed by atoms with Gasteiger partial charge in [0.25, 0.3) is 0 Å². The summed E-state index contributed by atoms with van der Waals surface area (Å²) < 4.78 is 24.8. The van der Waals surface area contributed by atoms with Gasteiger partial charge in [-0.1, -0.05) is 30.3 Å². The molecule has 0 aliphatic carbocycles. The van der Waals surface area contributed by atoms with Crippen LogP contribution in [-0.4, -0.2) is 45.0 Å². The standard InChI is InChI=1S/C25H26FNO3/c1-27(2)14-15-30-21-11-8-18(9-12-21)24(28)17-19-6-4-5-7-22(19)20-10-13-25(29-3)23(26)16-20/h4-13,16H,14-15,17H2,1-3H3. The summed E-state index contributed by atoms with van der Waals surface area (Å²) in [5.41, 5.74) is 3.00. The quantitative estimate of drug-likeness (QED) is 0.475. The second-order valence-electron chi connectivity index (χ2n) is 7.28. The van der Waals surface area contributed by atoms with E-state index in [1.54, 1.807) is 24.3 Å². The van der Waals surface area contributed by atoms with Gasteiger partial charge in [-0.15, -0.1) is 0 Å². The molecule has 0 fully saturated rings. The molecule has 0 saturated carbocycles. The van der Waals surface area contributed by atoms with Crippen molar-refractivity contribution in [1.29, 1.82) is 0 Å². The van der Waals surface area contributed by atoms with Crippen LogP contribution < -0.4 is 9.47 Å². The van der Waals surface area contributed by atoms with Crippen LogP contribution in [0, 0.1) is 5.82 Å². The molecule has 4 nitrogen and oxygen atoms in total. The fourth-order valence-electron chi connectivity index (χ4n) is 3.15. The minimum atomic E-state index is -0.430. The van der Waals surface area contributed by atoms with E-state index in [2.05, 4.69) is 0 Å². The fourth-order valence-corrected chi connectivity index (χ4v) is 3.15. The first-order chi connectivity index (χ1) is 14.5. The lowest BCUT2D eigenvalue weighted by Gasteiger charge is -2.12. The molecule has 0 aliphatic rings. The van der Waals surface area contributed by atoms with Crippen LogP contribution in [0.1, 0.15) is 15.9 Å². The van der Waals surface area contributed by atoms with Crippen molar-refractivity contribution in [2.45, 2.75) is 6.42 Å². The number of benzene rings is 3. The number of likely N-dealkylation sites (N-methyl/N-ethyl adjacent to an activating group) is 1. The maximum absolute atomic E-state index is 14.2. The molecule has 0 spiro atoms. The first kappa shape index (κ1) is 21.5. The molecule has 3 aromatic carbocycles. The van der Waals surface area contributed by atoms with Gasteiger partial charge in [0, 0.05) is 18.5 Å². The van der Waals surface area contributed by atoms with Crippen molar-refractivity contribution >= 4 is 5.78 Å². The zero-order valence-electron chi connectivity index (χ0n) is 17.5. The lowest BCUT2D eigenvalue weighted by molar-refractivity contribution is 0.0993. The zero-order valence-corrected chi connectivity index (χ0v) is 17.5. The molecule has 0 unspecified atom stereocenters. The number of hydrogen-bond acceptors (Lipinski definition) is 4. The van der Waals surface area contributed by atoms with Gasteiger partial charge in [-0.05, 0) is 67.2 Å². The number of rotatable bonds is 9. The maximum atomic E-state index is 14.2. The van der Waals surface area contributed by atoms with Crippen LogP contribution in [0.25, 0.3) is 11.1 Å². The van der Waals surface area contributed by atoms with Crippen molar-refractivity contribution in [3.05, 3.63) is 83.7 Å². The normalized spacial score (nSPS) is 10.8. The van der Waals surface area contributed by atoms with Gasteiger partial charge in [0.2, 0.25) is 0 Å². The summed E-state index contributed by atoms with van der Waals surface area (Å²) in [5, 5.41) is 0. The van der Waals surface area contributed by atoms with Gasteiger partial charge in [0.05, 0.1) is 7.11 Å². The molecule has 0 bridgehead atoms. The Hall–Kier alpha value is -3.18. The van der Waals surface area contributed by atoms with Crippen molar-refractivity contribution in [3.8, 4) is 22.6 Å². The van der Waals surface area contributed by atoms with Crippen LogP contribution in [0.4, 0.5) is 4.39 Å². The Bertz CT molecular complexity index is 1000. The first-order valence-corrected chi connectivity index (χ1v) is 9.80. The van der Waals surface area contributed by atoms with Crippen molar-refractivity contribution in [3.63, 3.8) is 0 Å². The average molecular weight is 407 g/mol. The van der Waals surface area contributed by atoms with Gasteiger partial charge in [-0.3, -0.25) is 4.79 Å². The molecule has 0 aromatic heterocycles. The molecule has 0 aliphatic heterocycles. The van der Waals surface area contributed by atoms with Crippen molar-refractivity contribution in [2.75, 3.05) is 34.4 Å². The van der Waals surface area contributed by atoms with Gasteiger partial charge in [-0.25, -0.2) is 4.39 Å². The summed E-state index contributed by atoms with van der Waals surface area (Å²) in [7, 11) is 5.41. The van der Waals surface area contributed by atoms with Gasteiger partial charge < -0.3 is 14.4 Å². The number of halogens is 1. The highest BCUT2D eigenvalue weighted by Gasteiger charge is 2.13. The summed E-state index contributed by atoms with van der Waals surface area (Å²) in [4.78, 5) is 14.9. The topological polar surface area (TPSA) is 38.8 Å². The maximum Gasteiger partial charge on any atom is 0.167 e. The molecule has 0 amide bonds. The minimum absolute atomic E-state index is 0.00345. The Kier molecular flexibility index (Phi) is 7.20. The second kappa shape index (κ2) is 10.0. The molecule has 0 radical (unpaired) electrons. The smallest absolute Gasteiger partial charge is 0.167 e. The van der Waals surface area contributed by atoms with Gasteiger partial charge >= 0.3 is 0 Å². The van der Waals surface area contributed by atoms with E-state index >= 15 is 0 Å². The van der Waals surface area contributed by atoms with E-state index < -0.39 is 5.82 Å². The van der Waals surface area contributed by atoms with E-state index in [1.165, 1.54) is 13.2 Å². The van der Waals surface area contributed by atoms with Crippen LogP contribution >= 0.6 is 0 Å². The molecular weight excluding hydrogens is 381 g/mol. The number of ether oxygens (including phenoxy) is 2. The molecule has 0 saturated heterocycles. The van der Waals surface area contributed by atoms with Crippen LogP contribution in [0.3, 0.4) is 0 Å². The zero-order chi connectivity index (χ0) is 21.5. The van der Waals surface area contributed by atoms with Crippen LogP contribution in [0.15, 0.2) is 66.7 Å². The van der Waals surface area contributed by atoms with Crippen molar-refractivity contribution in [2.24, 2.45) is 0 Å². The van der Waals surface area contributed by atoms with Gasteiger partial charge in [0.1, 0.15) is 12.4 Å². The molecule has 30 heavy (non-hydrogen) atoms.